The molecule has 0 spiro atoms. The second kappa shape index (κ2) is 6.53. The Balaban J connectivity index is 1.86. The summed E-state index contributed by atoms with van der Waals surface area (Å²) in [6, 6.07) is 0. The van der Waals surface area contributed by atoms with Crippen molar-refractivity contribution < 1.29 is 14.5 Å². The average molecular weight is 292 g/mol. The maximum absolute atomic E-state index is 6.48. The topological polar surface area (TPSA) is 27.7 Å². The van der Waals surface area contributed by atoms with E-state index in [-0.39, 0.29) is 6.10 Å². The van der Waals surface area contributed by atoms with Crippen LogP contribution in [0, 0.1) is 23.7 Å². The molecule has 0 aromatic carbocycles. The van der Waals surface area contributed by atoms with Crippen LogP contribution in [-0.2, 0) is 14.5 Å². The van der Waals surface area contributed by atoms with E-state index in [0.717, 1.165) is 30.4 Å². The highest BCUT2D eigenvalue weighted by atomic mass is 17.2. The lowest BCUT2D eigenvalue weighted by atomic mass is 9.86. The van der Waals surface area contributed by atoms with Crippen molar-refractivity contribution in [1.82, 2.24) is 0 Å². The molecular weight excluding hydrogens is 264 g/mol. The number of rotatable bonds is 0. The van der Waals surface area contributed by atoms with Crippen LogP contribution >= 0.6 is 0 Å². The van der Waals surface area contributed by atoms with Crippen molar-refractivity contribution in [2.45, 2.75) is 58.7 Å². The van der Waals surface area contributed by atoms with Gasteiger partial charge in [0, 0.05) is 6.42 Å². The van der Waals surface area contributed by atoms with Crippen LogP contribution in [-0.4, -0.2) is 18.8 Å². The first kappa shape index (κ1) is 15.1. The van der Waals surface area contributed by atoms with E-state index < -0.39 is 0 Å². The molecule has 3 aliphatic rings. The highest BCUT2D eigenvalue weighted by Gasteiger charge is 2.37. The molecule has 2 aliphatic heterocycles. The van der Waals surface area contributed by atoms with Crippen LogP contribution in [0.4, 0.5) is 0 Å². The number of hydrogen-bond acceptors (Lipinski definition) is 3. The van der Waals surface area contributed by atoms with Crippen molar-refractivity contribution in [3.63, 3.8) is 0 Å². The molecule has 0 saturated heterocycles. The molecule has 118 valence electrons. The Labute approximate surface area is 128 Å². The molecule has 1 aliphatic carbocycles. The third kappa shape index (κ3) is 3.35. The summed E-state index contributed by atoms with van der Waals surface area (Å²) in [5, 5.41) is 0. The first-order chi connectivity index (χ1) is 10.1. The summed E-state index contributed by atoms with van der Waals surface area (Å²) in [5.74, 6) is 3.73. The quantitative estimate of drug-likeness (QED) is 0.493. The SMILES string of the molecule is C[C@H]1C[C@H](C)[C@@H](C)C[C@H]2C/C=C\CC3OOCC=C3O[C@@H]21. The maximum atomic E-state index is 6.48. The van der Waals surface area contributed by atoms with Gasteiger partial charge in [-0.1, -0.05) is 32.9 Å². The van der Waals surface area contributed by atoms with E-state index in [1.807, 2.05) is 0 Å². The van der Waals surface area contributed by atoms with Gasteiger partial charge in [0.1, 0.15) is 18.5 Å². The van der Waals surface area contributed by atoms with Gasteiger partial charge in [-0.2, -0.15) is 0 Å². The van der Waals surface area contributed by atoms with Gasteiger partial charge in [0.25, 0.3) is 0 Å². The molecular formula is C18H28O3. The fourth-order valence-electron chi connectivity index (χ4n) is 4.05. The van der Waals surface area contributed by atoms with E-state index in [9.17, 15) is 0 Å². The van der Waals surface area contributed by atoms with Crippen molar-refractivity contribution in [3.8, 4) is 0 Å². The van der Waals surface area contributed by atoms with Crippen LogP contribution in [0.25, 0.3) is 0 Å². The van der Waals surface area contributed by atoms with Crippen LogP contribution in [0.1, 0.15) is 46.5 Å². The van der Waals surface area contributed by atoms with E-state index in [2.05, 4.69) is 39.0 Å². The molecule has 6 atom stereocenters. The van der Waals surface area contributed by atoms with Gasteiger partial charge < -0.3 is 4.74 Å². The van der Waals surface area contributed by atoms with Crippen LogP contribution < -0.4 is 0 Å². The molecule has 0 radical (unpaired) electrons. The van der Waals surface area contributed by atoms with Crippen molar-refractivity contribution in [3.05, 3.63) is 24.0 Å². The fraction of sp³-hybridized carbons (Fsp3) is 0.778. The van der Waals surface area contributed by atoms with E-state index in [4.69, 9.17) is 14.5 Å². The molecule has 2 heterocycles. The molecule has 1 fully saturated rings. The molecule has 21 heavy (non-hydrogen) atoms. The number of ether oxygens (including phenoxy) is 1. The van der Waals surface area contributed by atoms with Gasteiger partial charge in [0.2, 0.25) is 0 Å². The van der Waals surface area contributed by atoms with E-state index in [0.29, 0.717) is 24.5 Å². The second-order valence-corrected chi connectivity index (χ2v) is 7.16. The monoisotopic (exact) mass is 292 g/mol. The van der Waals surface area contributed by atoms with Crippen LogP contribution in [0.2, 0.25) is 0 Å². The largest absolute Gasteiger partial charge is 0.492 e. The zero-order valence-electron chi connectivity index (χ0n) is 13.5. The lowest BCUT2D eigenvalue weighted by Gasteiger charge is -2.33. The average Bonchev–Trinajstić information content (AvgIpc) is 2.55. The summed E-state index contributed by atoms with van der Waals surface area (Å²) in [4.78, 5) is 10.5. The lowest BCUT2D eigenvalue weighted by molar-refractivity contribution is -0.324. The predicted octanol–water partition coefficient (Wildman–Crippen LogP) is 4.25. The standard InChI is InChI=1S/C18H28O3/c1-12-10-14(3)18-15(11-13(12)2)6-4-5-7-17-16(20-18)8-9-19-21-17/h4-5,8,12-15,17-18H,6-7,9-11H2,1-3H3/b5-4-/t12-,13-,14-,15+,17?,18+/m0/s1. The Morgan fingerprint density at radius 2 is 1.71 bits per heavy atom. The number of allylic oxidation sites excluding steroid dienone is 1. The Morgan fingerprint density at radius 3 is 2.57 bits per heavy atom. The van der Waals surface area contributed by atoms with Gasteiger partial charge in [-0.15, -0.1) is 0 Å². The zero-order chi connectivity index (χ0) is 14.8. The molecule has 3 heteroatoms. The molecule has 3 rings (SSSR count). The van der Waals surface area contributed by atoms with Crippen molar-refractivity contribution in [2.24, 2.45) is 23.7 Å². The second-order valence-electron chi connectivity index (χ2n) is 7.16. The number of hydrogen-bond donors (Lipinski definition) is 0. The fourth-order valence-corrected chi connectivity index (χ4v) is 4.05. The van der Waals surface area contributed by atoms with Crippen molar-refractivity contribution in [2.75, 3.05) is 6.61 Å². The lowest BCUT2D eigenvalue weighted by Crippen LogP contribution is -2.33. The number of fused-ring (bicyclic) bond motifs is 2. The Hall–Kier alpha value is -0.800. The molecule has 0 N–H and O–H groups in total. The molecule has 1 saturated carbocycles. The summed E-state index contributed by atoms with van der Waals surface area (Å²) >= 11 is 0. The molecule has 0 amide bonds. The highest BCUT2D eigenvalue weighted by Crippen LogP contribution is 2.40. The van der Waals surface area contributed by atoms with Gasteiger partial charge >= 0.3 is 0 Å². The minimum atomic E-state index is -0.0703. The summed E-state index contributed by atoms with van der Waals surface area (Å²) < 4.78 is 6.48. The summed E-state index contributed by atoms with van der Waals surface area (Å²) in [7, 11) is 0. The first-order valence-corrected chi connectivity index (χ1v) is 8.45. The molecule has 0 aromatic heterocycles. The normalized spacial score (nSPS) is 45.6. The highest BCUT2D eigenvalue weighted by molar-refractivity contribution is 5.08. The van der Waals surface area contributed by atoms with Gasteiger partial charge in [0.15, 0.2) is 6.10 Å². The molecule has 3 nitrogen and oxygen atoms in total. The van der Waals surface area contributed by atoms with Crippen molar-refractivity contribution in [1.29, 1.82) is 0 Å². The smallest absolute Gasteiger partial charge is 0.153 e. The predicted molar refractivity (Wildman–Crippen MR) is 82.4 cm³/mol. The summed E-state index contributed by atoms with van der Waals surface area (Å²) in [6.45, 7) is 7.63. The van der Waals surface area contributed by atoms with E-state index in [1.165, 1.54) is 12.8 Å². The summed E-state index contributed by atoms with van der Waals surface area (Å²) in [6.07, 6.45) is 11.3. The molecule has 0 aromatic rings. The van der Waals surface area contributed by atoms with Crippen LogP contribution in [0.3, 0.4) is 0 Å². The first-order valence-electron chi connectivity index (χ1n) is 8.45. The maximum Gasteiger partial charge on any atom is 0.153 e. The van der Waals surface area contributed by atoms with Crippen LogP contribution in [0.15, 0.2) is 24.0 Å². The van der Waals surface area contributed by atoms with Crippen LogP contribution in [0.5, 0.6) is 0 Å². The van der Waals surface area contributed by atoms with Gasteiger partial charge in [-0.25, -0.2) is 9.78 Å². The van der Waals surface area contributed by atoms with E-state index >= 15 is 0 Å². The Bertz CT molecular complexity index is 415. The third-order valence-corrected chi connectivity index (χ3v) is 5.50. The van der Waals surface area contributed by atoms with Gasteiger partial charge in [-0.3, -0.25) is 0 Å². The van der Waals surface area contributed by atoms with Gasteiger partial charge in [-0.05, 0) is 49.0 Å². The van der Waals surface area contributed by atoms with E-state index in [1.54, 1.807) is 0 Å². The molecule has 0 bridgehead atoms. The zero-order valence-corrected chi connectivity index (χ0v) is 13.5. The Morgan fingerprint density at radius 1 is 0.952 bits per heavy atom. The molecule has 1 unspecified atom stereocenters. The third-order valence-electron chi connectivity index (χ3n) is 5.50. The Kier molecular flexibility index (Phi) is 4.70. The minimum Gasteiger partial charge on any atom is -0.492 e. The summed E-state index contributed by atoms with van der Waals surface area (Å²) in [5.41, 5.74) is 0. The van der Waals surface area contributed by atoms with Crippen molar-refractivity contribution >= 4 is 0 Å². The minimum absolute atomic E-state index is 0.0703. The van der Waals surface area contributed by atoms with Gasteiger partial charge in [0.05, 0.1) is 0 Å².